The second kappa shape index (κ2) is 12.5. The molecule has 11 heteroatoms. The van der Waals surface area contributed by atoms with E-state index in [0.717, 1.165) is 24.8 Å². The highest BCUT2D eigenvalue weighted by Crippen LogP contribution is 2.39. The van der Waals surface area contributed by atoms with Crippen LogP contribution in [0.4, 0.5) is 16.0 Å². The van der Waals surface area contributed by atoms with Crippen LogP contribution in [0.2, 0.25) is 0 Å². The van der Waals surface area contributed by atoms with Crippen molar-refractivity contribution in [3.63, 3.8) is 0 Å². The Morgan fingerprint density at radius 1 is 1.00 bits per heavy atom. The summed E-state index contributed by atoms with van der Waals surface area (Å²) < 4.78 is 16.7. The average Bonchev–Trinajstić information content (AvgIpc) is 3.83. The highest BCUT2D eigenvalue weighted by molar-refractivity contribution is 6.07. The molecule has 0 bridgehead atoms. The first-order valence-electron chi connectivity index (χ1n) is 16.2. The standard InChI is InChI=1S/C36H35FN6O4/c1-2-17-42-35(46)29-21-30(39-32(29)43(36(42)47)27-13-14-27)25-10-15-31(38-22-25)41(33(44)24-8-11-26(37)12-9-24)19-5-18-40-20-16-23-6-3-4-7-28(23)34(40)45/h3-4,6-12,15,22,27H,2,5,13-14,16-21H2,1H3. The molecule has 240 valence electrons. The Hall–Kier alpha value is -5.19. The summed E-state index contributed by atoms with van der Waals surface area (Å²) in [5, 5.41) is 0. The number of hydrogen-bond acceptors (Lipinski definition) is 6. The fourth-order valence-corrected chi connectivity index (χ4v) is 6.46. The number of pyridine rings is 1. The van der Waals surface area contributed by atoms with E-state index in [2.05, 4.69) is 4.98 Å². The quantitative estimate of drug-likeness (QED) is 0.251. The third kappa shape index (κ3) is 5.82. The predicted octanol–water partition coefficient (Wildman–Crippen LogP) is 4.70. The zero-order valence-electron chi connectivity index (χ0n) is 26.2. The van der Waals surface area contributed by atoms with Crippen molar-refractivity contribution in [2.45, 2.75) is 58.0 Å². The summed E-state index contributed by atoms with van der Waals surface area (Å²) in [6, 6.07) is 16.6. The largest absolute Gasteiger partial charge is 0.338 e. The molecule has 4 heterocycles. The Kier molecular flexibility index (Phi) is 8.13. The number of amides is 2. The molecule has 0 radical (unpaired) electrons. The van der Waals surface area contributed by atoms with Gasteiger partial charge in [-0.2, -0.15) is 0 Å². The number of halogens is 1. The Bertz CT molecular complexity index is 2010. The molecule has 47 heavy (non-hydrogen) atoms. The average molecular weight is 635 g/mol. The lowest BCUT2D eigenvalue weighted by Gasteiger charge is -2.29. The van der Waals surface area contributed by atoms with Crippen LogP contribution < -0.4 is 16.1 Å². The minimum absolute atomic E-state index is 0.0161. The molecule has 4 aromatic rings. The normalized spacial score (nSPS) is 15.3. The Balaban J connectivity index is 1.13. The fourth-order valence-electron chi connectivity index (χ4n) is 6.46. The second-order valence-electron chi connectivity index (χ2n) is 12.3. The molecule has 1 fully saturated rings. The van der Waals surface area contributed by atoms with E-state index in [-0.39, 0.29) is 42.1 Å². The molecule has 10 nitrogen and oxygen atoms in total. The maximum Gasteiger partial charge on any atom is 0.332 e. The lowest BCUT2D eigenvalue weighted by atomic mass is 9.99. The maximum atomic E-state index is 13.7. The van der Waals surface area contributed by atoms with Gasteiger partial charge >= 0.3 is 5.69 Å². The van der Waals surface area contributed by atoms with Crippen LogP contribution in [0, 0.1) is 5.82 Å². The third-order valence-electron chi connectivity index (χ3n) is 9.07. The first kappa shape index (κ1) is 30.5. The second-order valence-corrected chi connectivity index (χ2v) is 12.3. The number of anilines is 1. The van der Waals surface area contributed by atoms with Gasteiger partial charge in [-0.1, -0.05) is 25.1 Å². The van der Waals surface area contributed by atoms with Crippen molar-refractivity contribution < 1.29 is 14.0 Å². The molecule has 2 aromatic carbocycles. The number of fused-ring (bicyclic) bond motifs is 2. The van der Waals surface area contributed by atoms with Gasteiger partial charge in [0.05, 0.1) is 11.3 Å². The molecule has 7 rings (SSSR count). The van der Waals surface area contributed by atoms with Crippen LogP contribution in [0.1, 0.15) is 76.1 Å². The van der Waals surface area contributed by atoms with E-state index < -0.39 is 5.82 Å². The molecule has 0 spiro atoms. The summed E-state index contributed by atoms with van der Waals surface area (Å²) in [6.07, 6.45) is 5.64. The number of carbonyl (C=O) groups is 2. The molecular formula is C36H35FN6O4. The van der Waals surface area contributed by atoms with Crippen LogP contribution >= 0.6 is 0 Å². The summed E-state index contributed by atoms with van der Waals surface area (Å²) in [7, 11) is 0. The molecular weight excluding hydrogens is 599 g/mol. The van der Waals surface area contributed by atoms with Gasteiger partial charge < -0.3 is 4.90 Å². The number of aliphatic imine (C=N–C) groups is 1. The van der Waals surface area contributed by atoms with Gasteiger partial charge in [0.2, 0.25) is 0 Å². The molecule has 0 N–H and O–H groups in total. The topological polar surface area (TPSA) is 110 Å². The van der Waals surface area contributed by atoms with Gasteiger partial charge in [0.25, 0.3) is 17.4 Å². The fraction of sp³-hybridized carbons (Fsp3) is 0.333. The highest BCUT2D eigenvalue weighted by atomic mass is 19.1. The van der Waals surface area contributed by atoms with Crippen molar-refractivity contribution in [3.8, 4) is 0 Å². The van der Waals surface area contributed by atoms with Gasteiger partial charge in [-0.25, -0.2) is 19.2 Å². The number of benzene rings is 2. The first-order valence-corrected chi connectivity index (χ1v) is 16.2. The molecule has 1 saturated carbocycles. The monoisotopic (exact) mass is 634 g/mol. The number of carbonyl (C=O) groups excluding carboxylic acids is 2. The van der Waals surface area contributed by atoms with Gasteiger partial charge in [-0.15, -0.1) is 0 Å². The Labute approximate surface area is 270 Å². The maximum absolute atomic E-state index is 13.7. The first-order chi connectivity index (χ1) is 22.8. The van der Waals surface area contributed by atoms with Crippen LogP contribution in [0.15, 0.2) is 81.4 Å². The van der Waals surface area contributed by atoms with E-state index in [0.29, 0.717) is 72.1 Å². The number of aromatic nitrogens is 3. The van der Waals surface area contributed by atoms with Crippen molar-refractivity contribution in [1.82, 2.24) is 19.0 Å². The van der Waals surface area contributed by atoms with Crippen LogP contribution in [0.25, 0.3) is 0 Å². The summed E-state index contributed by atoms with van der Waals surface area (Å²) in [5.41, 5.74) is 3.33. The van der Waals surface area contributed by atoms with Crippen LogP contribution in [0.3, 0.4) is 0 Å². The minimum atomic E-state index is -0.439. The van der Waals surface area contributed by atoms with Gasteiger partial charge in [-0.3, -0.25) is 28.4 Å². The van der Waals surface area contributed by atoms with E-state index in [4.69, 9.17) is 4.99 Å². The molecule has 0 atom stereocenters. The third-order valence-corrected chi connectivity index (χ3v) is 9.07. The minimum Gasteiger partial charge on any atom is -0.338 e. The highest BCUT2D eigenvalue weighted by Gasteiger charge is 2.34. The number of nitrogens with zero attached hydrogens (tertiary/aromatic N) is 6. The van der Waals surface area contributed by atoms with Crippen molar-refractivity contribution in [2.75, 3.05) is 24.5 Å². The number of hydrogen-bond donors (Lipinski definition) is 0. The number of rotatable bonds is 10. The van der Waals surface area contributed by atoms with Crippen LogP contribution in [-0.2, 0) is 19.4 Å². The molecule has 0 saturated heterocycles. The Morgan fingerprint density at radius 2 is 1.79 bits per heavy atom. The molecule has 2 aromatic heterocycles. The van der Waals surface area contributed by atoms with Crippen LogP contribution in [-0.4, -0.2) is 56.2 Å². The van der Waals surface area contributed by atoms with Gasteiger partial charge in [0.15, 0.2) is 0 Å². The predicted molar refractivity (Wildman–Crippen MR) is 176 cm³/mol. The van der Waals surface area contributed by atoms with E-state index in [1.165, 1.54) is 28.8 Å². The summed E-state index contributed by atoms with van der Waals surface area (Å²) in [5.74, 6) is 0.0479. The van der Waals surface area contributed by atoms with Gasteiger partial charge in [0, 0.05) is 61.5 Å². The van der Waals surface area contributed by atoms with Gasteiger partial charge in [0.1, 0.15) is 17.5 Å². The molecule has 0 unspecified atom stereocenters. The summed E-state index contributed by atoms with van der Waals surface area (Å²) in [6.45, 7) is 3.65. The van der Waals surface area contributed by atoms with Crippen molar-refractivity contribution in [2.24, 2.45) is 4.99 Å². The molecule has 3 aliphatic rings. The van der Waals surface area contributed by atoms with E-state index in [1.54, 1.807) is 21.7 Å². The summed E-state index contributed by atoms with van der Waals surface area (Å²) in [4.78, 5) is 66.0. The molecule has 2 aliphatic heterocycles. The van der Waals surface area contributed by atoms with Crippen molar-refractivity contribution in [3.05, 3.63) is 121 Å². The van der Waals surface area contributed by atoms with Crippen LogP contribution in [0.5, 0.6) is 0 Å². The molecule has 1 aliphatic carbocycles. The summed E-state index contributed by atoms with van der Waals surface area (Å²) >= 11 is 0. The van der Waals surface area contributed by atoms with E-state index in [9.17, 15) is 23.6 Å². The van der Waals surface area contributed by atoms with Crippen molar-refractivity contribution in [1.29, 1.82) is 0 Å². The Morgan fingerprint density at radius 3 is 2.51 bits per heavy atom. The van der Waals surface area contributed by atoms with Gasteiger partial charge in [-0.05, 0) is 80.1 Å². The zero-order valence-corrected chi connectivity index (χ0v) is 26.2. The van der Waals surface area contributed by atoms with E-state index >= 15 is 0 Å². The lowest BCUT2D eigenvalue weighted by Crippen LogP contribution is -2.41. The van der Waals surface area contributed by atoms with Crippen molar-refractivity contribution >= 4 is 29.2 Å². The SMILES string of the molecule is CCCn1c(=O)c2c(n(C3CC3)c1=O)N=C(c1ccc(N(CCCN3CCc4ccccc4C3=O)C(=O)c3ccc(F)cc3)nc1)C2. The lowest BCUT2D eigenvalue weighted by molar-refractivity contribution is 0.0738. The molecule has 2 amide bonds. The smallest absolute Gasteiger partial charge is 0.332 e. The zero-order chi connectivity index (χ0) is 32.7. The van der Waals surface area contributed by atoms with E-state index in [1.807, 2.05) is 42.2 Å².